The summed E-state index contributed by atoms with van der Waals surface area (Å²) in [5.41, 5.74) is -1.21. The highest BCUT2D eigenvalue weighted by molar-refractivity contribution is 6.48. The molecule has 0 amide bonds. The van der Waals surface area contributed by atoms with Crippen LogP contribution in [0.15, 0.2) is 24.3 Å². The number of aliphatic carboxylic acids is 1. The average Bonchev–Trinajstić information content (AvgIpc) is 2.79. The van der Waals surface area contributed by atoms with Crippen molar-refractivity contribution in [3.8, 4) is 5.75 Å². The molecule has 1 aromatic rings. The van der Waals surface area contributed by atoms with Crippen molar-refractivity contribution in [1.29, 1.82) is 0 Å². The number of hydrogen-bond donors (Lipinski definition) is 1. The van der Waals surface area contributed by atoms with Crippen molar-refractivity contribution in [3.05, 3.63) is 29.8 Å². The van der Waals surface area contributed by atoms with Crippen molar-refractivity contribution in [1.82, 2.24) is 0 Å². The van der Waals surface area contributed by atoms with Gasteiger partial charge in [-0.05, 0) is 45.4 Å². The van der Waals surface area contributed by atoms with E-state index in [4.69, 9.17) is 9.31 Å². The van der Waals surface area contributed by atoms with Gasteiger partial charge < -0.3 is 19.2 Å². The number of alkyl halides is 6. The van der Waals surface area contributed by atoms with Crippen LogP contribution in [0.2, 0.25) is 0 Å². The highest BCUT2D eigenvalue weighted by Crippen LogP contribution is 2.42. The van der Waals surface area contributed by atoms with Gasteiger partial charge in [0.2, 0.25) is 0 Å². The molecule has 1 heterocycles. The fourth-order valence-electron chi connectivity index (χ4n) is 2.79. The van der Waals surface area contributed by atoms with Gasteiger partial charge in [-0.2, -0.15) is 22.0 Å². The zero-order valence-corrected chi connectivity index (χ0v) is 16.6. The average molecular weight is 442 g/mol. The van der Waals surface area contributed by atoms with Crippen molar-refractivity contribution in [3.63, 3.8) is 0 Å². The first-order valence-electron chi connectivity index (χ1n) is 8.91. The summed E-state index contributed by atoms with van der Waals surface area (Å²) < 4.78 is 92.0. The van der Waals surface area contributed by atoms with E-state index in [1.807, 2.05) is 0 Å². The van der Waals surface area contributed by atoms with Crippen LogP contribution in [0.5, 0.6) is 5.75 Å². The first-order valence-corrected chi connectivity index (χ1v) is 8.91. The summed E-state index contributed by atoms with van der Waals surface area (Å²) in [4.78, 5) is 11.3. The summed E-state index contributed by atoms with van der Waals surface area (Å²) in [5.74, 6) is -2.74. The van der Waals surface area contributed by atoms with E-state index < -0.39 is 60.7 Å². The molecule has 1 fully saturated rings. The minimum absolute atomic E-state index is 0.305. The lowest BCUT2D eigenvalue weighted by Crippen LogP contribution is -2.45. The third-order valence-corrected chi connectivity index (χ3v) is 5.14. The maximum absolute atomic E-state index is 13.4. The molecule has 2 atom stereocenters. The molecule has 1 saturated heterocycles. The van der Waals surface area contributed by atoms with Gasteiger partial charge in [-0.3, -0.25) is 4.79 Å². The second-order valence-electron chi connectivity index (χ2n) is 7.97. The van der Waals surface area contributed by atoms with E-state index in [9.17, 15) is 36.2 Å². The molecule has 2 rings (SSSR count). The Hall–Kier alpha value is -1.95. The lowest BCUT2D eigenvalue weighted by atomic mass is 9.66. The predicted octanol–water partition coefficient (Wildman–Crippen LogP) is 4.75. The Morgan fingerprint density at radius 2 is 1.53 bits per heavy atom. The molecular weight excluding hydrogens is 421 g/mol. The molecular formula is C18H21BF6O5. The number of rotatable bonds is 7. The Bertz CT molecular complexity index is 749. The van der Waals surface area contributed by atoms with Gasteiger partial charge >= 0.3 is 25.4 Å². The summed E-state index contributed by atoms with van der Waals surface area (Å²) in [5, 5.41) is 9.23. The molecule has 0 spiro atoms. The first-order chi connectivity index (χ1) is 13.5. The topological polar surface area (TPSA) is 65.0 Å². The monoisotopic (exact) mass is 442 g/mol. The van der Waals surface area contributed by atoms with Gasteiger partial charge in [0.05, 0.1) is 17.6 Å². The van der Waals surface area contributed by atoms with Gasteiger partial charge in [0.1, 0.15) is 5.75 Å². The van der Waals surface area contributed by atoms with Gasteiger partial charge in [-0.15, -0.1) is 0 Å². The first kappa shape index (κ1) is 24.3. The third-order valence-electron chi connectivity index (χ3n) is 5.14. The van der Waals surface area contributed by atoms with Crippen molar-refractivity contribution in [2.75, 3.05) is 0 Å². The molecule has 0 bridgehead atoms. The van der Waals surface area contributed by atoms with Crippen LogP contribution in [0, 0.1) is 0 Å². The van der Waals surface area contributed by atoms with Gasteiger partial charge in [-0.25, -0.2) is 4.39 Å². The van der Waals surface area contributed by atoms with Crippen molar-refractivity contribution in [2.24, 2.45) is 0 Å². The molecule has 1 aliphatic heterocycles. The second-order valence-corrected chi connectivity index (χ2v) is 7.97. The van der Waals surface area contributed by atoms with Crippen molar-refractivity contribution < 1.29 is 50.3 Å². The predicted molar refractivity (Wildman–Crippen MR) is 94.0 cm³/mol. The highest BCUT2D eigenvalue weighted by atomic mass is 19.4. The smallest absolute Gasteiger partial charge is 0.466 e. The molecule has 0 aromatic heterocycles. The van der Waals surface area contributed by atoms with Crippen LogP contribution in [0.4, 0.5) is 26.3 Å². The molecule has 0 saturated carbocycles. The maximum atomic E-state index is 13.4. The Morgan fingerprint density at radius 1 is 1.07 bits per heavy atom. The standard InChI is InChI=1S/C18H21BF6O5/c1-15(2)16(3,4)30-19(29-15)12(9-13(26)27)10-5-7-11(8-6-10)28-18(24,25)14(20)17(21,22)23/h5-8,12,14H,9H2,1-4H3,(H,26,27)/t12?,14-/m1/s1. The van der Waals surface area contributed by atoms with Crippen LogP contribution < -0.4 is 4.74 Å². The largest absolute Gasteiger partial charge is 0.481 e. The number of carboxylic acid groups (broad SMARTS) is 1. The molecule has 1 N–H and O–H groups in total. The molecule has 5 nitrogen and oxygen atoms in total. The minimum Gasteiger partial charge on any atom is -0.481 e. The number of carbonyl (C=O) groups is 1. The van der Waals surface area contributed by atoms with Crippen molar-refractivity contribution in [2.45, 2.75) is 69.6 Å². The molecule has 1 unspecified atom stereocenters. The molecule has 168 valence electrons. The van der Waals surface area contributed by atoms with E-state index in [0.717, 1.165) is 12.1 Å². The summed E-state index contributed by atoms with van der Waals surface area (Å²) in [7, 11) is -0.972. The quantitative estimate of drug-likeness (QED) is 0.488. The number of halogens is 6. The Kier molecular flexibility index (Phi) is 6.45. The van der Waals surface area contributed by atoms with Crippen LogP contribution in [0.3, 0.4) is 0 Å². The van der Waals surface area contributed by atoms with E-state index in [1.54, 1.807) is 27.7 Å². The molecule has 0 aliphatic carbocycles. The lowest BCUT2D eigenvalue weighted by molar-refractivity contribution is -0.304. The lowest BCUT2D eigenvalue weighted by Gasteiger charge is -2.32. The van der Waals surface area contributed by atoms with Gasteiger partial charge in [0, 0.05) is 5.82 Å². The fourth-order valence-corrected chi connectivity index (χ4v) is 2.79. The normalized spacial score (nSPS) is 20.7. The number of ether oxygens (including phenoxy) is 1. The van der Waals surface area contributed by atoms with Crippen LogP contribution in [-0.4, -0.2) is 47.9 Å². The molecule has 1 aliphatic rings. The van der Waals surface area contributed by atoms with Crippen LogP contribution in [-0.2, 0) is 14.1 Å². The highest BCUT2D eigenvalue weighted by Gasteiger charge is 2.59. The number of hydrogen-bond acceptors (Lipinski definition) is 4. The Morgan fingerprint density at radius 3 is 1.93 bits per heavy atom. The van der Waals surface area contributed by atoms with E-state index in [-0.39, 0.29) is 0 Å². The Labute approximate surface area is 169 Å². The second kappa shape index (κ2) is 7.95. The van der Waals surface area contributed by atoms with Crippen molar-refractivity contribution >= 4 is 13.1 Å². The number of benzene rings is 1. The summed E-state index contributed by atoms with van der Waals surface area (Å²) in [6, 6.07) is 4.16. The Balaban J connectivity index is 2.24. The third kappa shape index (κ3) is 5.21. The summed E-state index contributed by atoms with van der Waals surface area (Å²) >= 11 is 0. The minimum atomic E-state index is -5.80. The van der Waals surface area contributed by atoms with E-state index in [2.05, 4.69) is 4.74 Å². The zero-order chi connectivity index (χ0) is 23.1. The summed E-state index contributed by atoms with van der Waals surface area (Å²) in [6.45, 7) is 7.05. The maximum Gasteiger partial charge on any atom is 0.466 e. The molecule has 1 aromatic carbocycles. The zero-order valence-electron chi connectivity index (χ0n) is 16.6. The van der Waals surface area contributed by atoms with Gasteiger partial charge in [0.15, 0.2) is 0 Å². The fraction of sp³-hybridized carbons (Fsp3) is 0.611. The van der Waals surface area contributed by atoms with E-state index in [1.165, 1.54) is 12.1 Å². The van der Waals surface area contributed by atoms with Crippen LogP contribution in [0.25, 0.3) is 0 Å². The SMILES string of the molecule is CC1(C)OB(C(CC(=O)O)c2ccc(OC(F)(F)[C@H](F)C(F)(F)F)cc2)OC1(C)C. The molecule has 30 heavy (non-hydrogen) atoms. The van der Waals surface area contributed by atoms with E-state index >= 15 is 0 Å². The van der Waals surface area contributed by atoms with Crippen LogP contribution >= 0.6 is 0 Å². The number of carboxylic acids is 1. The molecule has 12 heteroatoms. The molecule has 0 radical (unpaired) electrons. The van der Waals surface area contributed by atoms with E-state index in [0.29, 0.717) is 5.56 Å². The van der Waals surface area contributed by atoms with Crippen LogP contribution in [0.1, 0.15) is 45.5 Å². The van der Waals surface area contributed by atoms with Gasteiger partial charge in [0.25, 0.3) is 6.17 Å². The summed E-state index contributed by atoms with van der Waals surface area (Å²) in [6.07, 6.45) is -15.9. The van der Waals surface area contributed by atoms with Gasteiger partial charge in [-0.1, -0.05) is 12.1 Å².